The van der Waals surface area contributed by atoms with Crippen LogP contribution >= 0.6 is 23.2 Å². The normalized spacial score (nSPS) is 19.4. The Bertz CT molecular complexity index is 1040. The third kappa shape index (κ3) is 2.75. The summed E-state index contributed by atoms with van der Waals surface area (Å²) in [5.41, 5.74) is 4.14. The van der Waals surface area contributed by atoms with Gasteiger partial charge in [-0.2, -0.15) is 5.10 Å². The molecule has 1 amide bonds. The lowest BCUT2D eigenvalue weighted by Gasteiger charge is -2.32. The van der Waals surface area contributed by atoms with Crippen LogP contribution in [0.25, 0.3) is 11.3 Å². The predicted molar refractivity (Wildman–Crippen MR) is 111 cm³/mol. The van der Waals surface area contributed by atoms with Crippen molar-refractivity contribution in [2.75, 3.05) is 0 Å². The van der Waals surface area contributed by atoms with Gasteiger partial charge in [-0.15, -0.1) is 0 Å². The van der Waals surface area contributed by atoms with Gasteiger partial charge in [-0.3, -0.25) is 9.89 Å². The Hall–Kier alpha value is -2.30. The van der Waals surface area contributed by atoms with Gasteiger partial charge in [-0.05, 0) is 36.6 Å². The van der Waals surface area contributed by atoms with E-state index in [2.05, 4.69) is 10.2 Å². The molecular formula is C22H19Cl2N3O. The number of amides is 1. The number of H-pyrrole nitrogens is 1. The van der Waals surface area contributed by atoms with E-state index in [1.165, 1.54) is 0 Å². The van der Waals surface area contributed by atoms with Gasteiger partial charge in [0.25, 0.3) is 5.91 Å². The molecule has 6 heteroatoms. The molecule has 1 aliphatic carbocycles. The minimum Gasteiger partial charge on any atom is -0.323 e. The molecule has 1 atom stereocenters. The van der Waals surface area contributed by atoms with E-state index >= 15 is 0 Å². The van der Waals surface area contributed by atoms with E-state index in [1.54, 1.807) is 0 Å². The number of aromatic nitrogens is 2. The molecule has 2 heterocycles. The topological polar surface area (TPSA) is 49.0 Å². The van der Waals surface area contributed by atoms with Gasteiger partial charge in [0, 0.05) is 27.2 Å². The minimum absolute atomic E-state index is 0.0135. The molecule has 5 rings (SSSR count). The first-order valence-electron chi connectivity index (χ1n) is 9.56. The molecule has 4 nitrogen and oxygen atoms in total. The molecule has 2 aliphatic rings. The summed E-state index contributed by atoms with van der Waals surface area (Å²) in [7, 11) is 0. The SMILES string of the molecule is O=C1c2[nH]nc(-c3ccc(Cl)cc3)c2C(c2ccccc2Cl)N1C1CCCC1. The molecule has 2 aromatic carbocycles. The van der Waals surface area contributed by atoms with Crippen LogP contribution in [0, 0.1) is 0 Å². The monoisotopic (exact) mass is 411 g/mol. The minimum atomic E-state index is -0.233. The number of hydrogen-bond acceptors (Lipinski definition) is 2. The first-order chi connectivity index (χ1) is 13.6. The number of hydrogen-bond donors (Lipinski definition) is 1. The molecule has 1 fully saturated rings. The highest BCUT2D eigenvalue weighted by Crippen LogP contribution is 2.47. The average Bonchev–Trinajstić information content (AvgIpc) is 3.41. The van der Waals surface area contributed by atoms with E-state index in [4.69, 9.17) is 23.2 Å². The van der Waals surface area contributed by atoms with Crippen LogP contribution in [0.5, 0.6) is 0 Å². The zero-order valence-corrected chi connectivity index (χ0v) is 16.7. The third-order valence-electron chi connectivity index (χ3n) is 5.84. The molecule has 0 saturated heterocycles. The van der Waals surface area contributed by atoms with Crippen LogP contribution < -0.4 is 0 Å². The van der Waals surface area contributed by atoms with Gasteiger partial charge in [-0.25, -0.2) is 0 Å². The summed E-state index contributed by atoms with van der Waals surface area (Å²) in [6, 6.07) is 15.3. The van der Waals surface area contributed by atoms with Crippen LogP contribution in [-0.4, -0.2) is 27.0 Å². The van der Waals surface area contributed by atoms with Crippen molar-refractivity contribution >= 4 is 29.1 Å². The number of carbonyl (C=O) groups excluding carboxylic acids is 1. The van der Waals surface area contributed by atoms with E-state index in [9.17, 15) is 4.79 Å². The number of nitrogens with zero attached hydrogens (tertiary/aromatic N) is 2. The molecule has 1 aromatic heterocycles. The smallest absolute Gasteiger partial charge is 0.273 e. The van der Waals surface area contributed by atoms with Crippen molar-refractivity contribution in [3.63, 3.8) is 0 Å². The molecule has 142 valence electrons. The van der Waals surface area contributed by atoms with Crippen LogP contribution in [0.3, 0.4) is 0 Å². The Balaban J connectivity index is 1.70. The summed E-state index contributed by atoms with van der Waals surface area (Å²) in [5.74, 6) is 0.0135. The molecule has 0 bridgehead atoms. The standard InChI is InChI=1S/C22H19Cl2N3O/c23-14-11-9-13(10-12-14)19-18-20(26-25-19)22(28)27(15-5-1-2-6-15)21(18)16-7-3-4-8-17(16)24/h3-4,7-12,15,21H,1-2,5-6H2,(H,25,26). The number of carbonyl (C=O) groups is 1. The Labute approximate surface area is 173 Å². The molecular weight excluding hydrogens is 393 g/mol. The fourth-order valence-corrected chi connectivity index (χ4v) is 4.92. The maximum Gasteiger partial charge on any atom is 0.273 e. The summed E-state index contributed by atoms with van der Waals surface area (Å²) in [6.45, 7) is 0. The van der Waals surface area contributed by atoms with Crippen molar-refractivity contribution in [2.24, 2.45) is 0 Å². The predicted octanol–water partition coefficient (Wildman–Crippen LogP) is 5.87. The van der Waals surface area contributed by atoms with Gasteiger partial charge in [0.05, 0.1) is 11.7 Å². The molecule has 28 heavy (non-hydrogen) atoms. The Morgan fingerprint density at radius 3 is 2.43 bits per heavy atom. The number of nitrogens with one attached hydrogen (secondary N) is 1. The summed E-state index contributed by atoms with van der Waals surface area (Å²) in [4.78, 5) is 15.4. The van der Waals surface area contributed by atoms with Crippen molar-refractivity contribution in [1.29, 1.82) is 0 Å². The zero-order valence-electron chi connectivity index (χ0n) is 15.2. The molecule has 3 aromatic rings. The molecule has 0 radical (unpaired) electrons. The summed E-state index contributed by atoms with van der Waals surface area (Å²) < 4.78 is 0. The van der Waals surface area contributed by atoms with Crippen molar-refractivity contribution < 1.29 is 4.79 Å². The van der Waals surface area contributed by atoms with Crippen LogP contribution in [0.15, 0.2) is 48.5 Å². The quantitative estimate of drug-likeness (QED) is 0.585. The van der Waals surface area contributed by atoms with Crippen LogP contribution in [0.1, 0.15) is 53.3 Å². The number of halogens is 2. The van der Waals surface area contributed by atoms with E-state index < -0.39 is 0 Å². The van der Waals surface area contributed by atoms with Crippen LogP contribution in [-0.2, 0) is 0 Å². The fourth-order valence-electron chi connectivity index (χ4n) is 4.55. The molecule has 1 N–H and O–H groups in total. The zero-order chi connectivity index (χ0) is 19.3. The number of benzene rings is 2. The maximum absolute atomic E-state index is 13.4. The summed E-state index contributed by atoms with van der Waals surface area (Å²) in [6.07, 6.45) is 4.36. The van der Waals surface area contributed by atoms with Crippen molar-refractivity contribution in [3.8, 4) is 11.3 Å². The number of fused-ring (bicyclic) bond motifs is 1. The first-order valence-corrected chi connectivity index (χ1v) is 10.3. The van der Waals surface area contributed by atoms with E-state index in [0.29, 0.717) is 15.7 Å². The van der Waals surface area contributed by atoms with Crippen LogP contribution in [0.4, 0.5) is 0 Å². The maximum atomic E-state index is 13.4. The van der Waals surface area contributed by atoms with Crippen molar-refractivity contribution in [2.45, 2.75) is 37.8 Å². The molecule has 1 saturated carbocycles. The second-order valence-corrected chi connectivity index (χ2v) is 8.29. The first kappa shape index (κ1) is 17.8. The second-order valence-electron chi connectivity index (χ2n) is 7.44. The van der Waals surface area contributed by atoms with Gasteiger partial charge in [0.1, 0.15) is 5.69 Å². The third-order valence-corrected chi connectivity index (χ3v) is 6.44. The van der Waals surface area contributed by atoms with Crippen molar-refractivity contribution in [3.05, 3.63) is 75.4 Å². The van der Waals surface area contributed by atoms with Crippen molar-refractivity contribution in [1.82, 2.24) is 15.1 Å². The van der Waals surface area contributed by atoms with Gasteiger partial charge in [0.15, 0.2) is 0 Å². The summed E-state index contributed by atoms with van der Waals surface area (Å²) in [5, 5.41) is 8.84. The molecule has 0 spiro atoms. The summed E-state index contributed by atoms with van der Waals surface area (Å²) >= 11 is 12.7. The Morgan fingerprint density at radius 2 is 1.71 bits per heavy atom. The largest absolute Gasteiger partial charge is 0.323 e. The second kappa shape index (κ2) is 6.94. The van der Waals surface area contributed by atoms with Gasteiger partial charge in [-0.1, -0.05) is 66.4 Å². The lowest BCUT2D eigenvalue weighted by atomic mass is 9.95. The van der Waals surface area contributed by atoms with Gasteiger partial charge in [0.2, 0.25) is 0 Å². The number of aromatic amines is 1. The molecule has 1 aliphatic heterocycles. The lowest BCUT2D eigenvalue weighted by Crippen LogP contribution is -2.37. The molecule has 1 unspecified atom stereocenters. The van der Waals surface area contributed by atoms with Gasteiger partial charge >= 0.3 is 0 Å². The highest BCUT2D eigenvalue weighted by Gasteiger charge is 2.46. The highest BCUT2D eigenvalue weighted by atomic mass is 35.5. The average molecular weight is 412 g/mol. The fraction of sp³-hybridized carbons (Fsp3) is 0.273. The van der Waals surface area contributed by atoms with Gasteiger partial charge < -0.3 is 4.90 Å². The lowest BCUT2D eigenvalue weighted by molar-refractivity contribution is 0.0660. The van der Waals surface area contributed by atoms with E-state index in [-0.39, 0.29) is 18.0 Å². The number of rotatable bonds is 3. The Kier molecular flexibility index (Phi) is 4.41. The van der Waals surface area contributed by atoms with E-state index in [0.717, 1.165) is 48.1 Å². The van der Waals surface area contributed by atoms with E-state index in [1.807, 2.05) is 53.4 Å². The Morgan fingerprint density at radius 1 is 1.00 bits per heavy atom. The van der Waals surface area contributed by atoms with Crippen LogP contribution in [0.2, 0.25) is 10.0 Å². The highest BCUT2D eigenvalue weighted by molar-refractivity contribution is 6.31.